The molecule has 9 heteroatoms. The van der Waals surface area contributed by atoms with Gasteiger partial charge in [0.1, 0.15) is 5.75 Å². The van der Waals surface area contributed by atoms with Gasteiger partial charge in [-0.3, -0.25) is 4.55 Å². The molecule has 0 saturated carbocycles. The minimum Gasteiger partial charge on any atom is -1.00 e. The van der Waals surface area contributed by atoms with Gasteiger partial charge in [-0.05, 0) is 23.8 Å². The summed E-state index contributed by atoms with van der Waals surface area (Å²) in [6.07, 6.45) is -4.58. The summed E-state index contributed by atoms with van der Waals surface area (Å²) in [6, 6.07) is 2.26. The second-order valence-electron chi connectivity index (χ2n) is 3.03. The van der Waals surface area contributed by atoms with Crippen molar-refractivity contribution in [2.75, 3.05) is 0 Å². The van der Waals surface area contributed by atoms with Gasteiger partial charge >= 0.3 is 35.7 Å². The van der Waals surface area contributed by atoms with Crippen LogP contribution in [-0.2, 0) is 22.0 Å². The van der Waals surface area contributed by atoms with Crippen molar-refractivity contribution in [3.63, 3.8) is 0 Å². The summed E-state index contributed by atoms with van der Waals surface area (Å²) in [5.74, 6) is -0.949. The molecule has 1 aromatic rings. The minimum absolute atomic E-state index is 0. The van der Waals surface area contributed by atoms with Gasteiger partial charge in [0.2, 0.25) is 0 Å². The maximum atomic E-state index is 12.3. The third kappa shape index (κ3) is 5.58. The number of rotatable bonds is 2. The predicted molar refractivity (Wildman–Crippen MR) is 52.8 cm³/mol. The van der Waals surface area contributed by atoms with Crippen LogP contribution in [0.1, 0.15) is 12.6 Å². The number of benzene rings is 1. The molecule has 17 heavy (non-hydrogen) atoms. The first-order chi connectivity index (χ1) is 7.09. The van der Waals surface area contributed by atoms with Crippen molar-refractivity contribution in [1.82, 2.24) is 0 Å². The third-order valence-corrected chi connectivity index (χ3v) is 2.76. The summed E-state index contributed by atoms with van der Waals surface area (Å²) >= 11 is 5.51. The van der Waals surface area contributed by atoms with E-state index in [2.05, 4.69) is 0 Å². The molecule has 0 bridgehead atoms. The van der Waals surface area contributed by atoms with E-state index in [1.54, 1.807) is 0 Å². The van der Waals surface area contributed by atoms with Crippen LogP contribution >= 0.6 is 11.6 Å². The largest absolute Gasteiger partial charge is 1.00 e. The van der Waals surface area contributed by atoms with Gasteiger partial charge in [0, 0.05) is 5.02 Å². The van der Waals surface area contributed by atoms with E-state index in [0.29, 0.717) is 6.07 Å². The van der Waals surface area contributed by atoms with Gasteiger partial charge in [-0.2, -0.15) is 21.6 Å². The van der Waals surface area contributed by atoms with Crippen LogP contribution in [0, 0.1) is 0 Å². The van der Waals surface area contributed by atoms with Crippen molar-refractivity contribution in [3.05, 3.63) is 34.3 Å². The Morgan fingerprint density at radius 1 is 1.35 bits per heavy atom. The van der Waals surface area contributed by atoms with E-state index < -0.39 is 27.6 Å². The van der Waals surface area contributed by atoms with Gasteiger partial charge in [0.15, 0.2) is 0 Å². The molecule has 1 rings (SSSR count). The van der Waals surface area contributed by atoms with Gasteiger partial charge in [0.05, 0.1) is 5.56 Å². The fourth-order valence-corrected chi connectivity index (χ4v) is 1.95. The van der Waals surface area contributed by atoms with Crippen LogP contribution in [0.25, 0.3) is 0 Å². The van der Waals surface area contributed by atoms with E-state index in [0.717, 1.165) is 12.1 Å². The van der Waals surface area contributed by atoms with Crippen molar-refractivity contribution in [2.45, 2.75) is 11.9 Å². The van der Waals surface area contributed by atoms with Crippen LogP contribution in [0.5, 0.6) is 0 Å². The second kappa shape index (κ2) is 5.90. The molecule has 0 aliphatic heterocycles. The van der Waals surface area contributed by atoms with Gasteiger partial charge in [0.25, 0.3) is 10.1 Å². The van der Waals surface area contributed by atoms with Gasteiger partial charge < -0.3 is 1.43 Å². The molecular formula is C8H7ClF3NaO3S. The average molecular weight is 299 g/mol. The first-order valence-electron chi connectivity index (χ1n) is 3.90. The summed E-state index contributed by atoms with van der Waals surface area (Å²) in [5.41, 5.74) is -1.31. The Morgan fingerprint density at radius 3 is 2.29 bits per heavy atom. The molecule has 0 radical (unpaired) electrons. The molecule has 0 unspecified atom stereocenters. The van der Waals surface area contributed by atoms with Gasteiger partial charge in [-0.15, -0.1) is 0 Å². The molecule has 3 nitrogen and oxygen atoms in total. The molecule has 0 spiro atoms. The number of halogens is 4. The topological polar surface area (TPSA) is 54.4 Å². The fourth-order valence-electron chi connectivity index (χ4n) is 1.06. The Labute approximate surface area is 124 Å². The first-order valence-corrected chi connectivity index (χ1v) is 5.89. The summed E-state index contributed by atoms with van der Waals surface area (Å²) < 4.78 is 66.4. The van der Waals surface area contributed by atoms with Crippen molar-refractivity contribution in [1.29, 1.82) is 0 Å². The quantitative estimate of drug-likeness (QED) is 0.611. The van der Waals surface area contributed by atoms with E-state index in [4.69, 9.17) is 16.2 Å². The van der Waals surface area contributed by atoms with Crippen LogP contribution in [-0.4, -0.2) is 13.0 Å². The van der Waals surface area contributed by atoms with Gasteiger partial charge in [-0.25, -0.2) is 0 Å². The third-order valence-electron chi connectivity index (χ3n) is 1.71. The van der Waals surface area contributed by atoms with Crippen LogP contribution < -0.4 is 29.6 Å². The molecule has 0 amide bonds. The van der Waals surface area contributed by atoms with Crippen molar-refractivity contribution in [2.24, 2.45) is 0 Å². The smallest absolute Gasteiger partial charge is 1.00 e. The van der Waals surface area contributed by atoms with E-state index in [9.17, 15) is 21.6 Å². The molecule has 0 fully saturated rings. The van der Waals surface area contributed by atoms with E-state index >= 15 is 0 Å². The molecule has 1 N–H and O–H groups in total. The standard InChI is InChI=1S/C8H6ClF3O3S.Na.H/c9-7-2-1-6(8(10,11)12)3-5(7)4-16(13,14)15;;/h1-3H,4H2,(H,13,14,15);;/q;+1;-1. The van der Waals surface area contributed by atoms with Crippen LogP contribution in [0.2, 0.25) is 5.02 Å². The van der Waals surface area contributed by atoms with Crippen molar-refractivity contribution in [3.8, 4) is 0 Å². The Kier molecular flexibility index (Phi) is 5.97. The van der Waals surface area contributed by atoms with Crippen molar-refractivity contribution < 1.29 is 57.1 Å². The Balaban J connectivity index is 0. The molecule has 0 atom stereocenters. The molecule has 92 valence electrons. The molecule has 0 aliphatic rings. The zero-order valence-corrected chi connectivity index (χ0v) is 12.2. The molecule has 0 aliphatic carbocycles. The number of hydrogen-bond donors (Lipinski definition) is 1. The van der Waals surface area contributed by atoms with E-state index in [1.165, 1.54) is 0 Å². The molecular weight excluding hydrogens is 292 g/mol. The van der Waals surface area contributed by atoms with Crippen LogP contribution in [0.15, 0.2) is 18.2 Å². The Hall–Kier alpha value is 0.210. The summed E-state index contributed by atoms with van der Waals surface area (Å²) in [6.45, 7) is 0. The SMILES string of the molecule is O=S(=O)(O)Cc1cc(C(F)(F)F)ccc1Cl.[H-].[Na+]. The maximum Gasteiger partial charge on any atom is 1.00 e. The van der Waals surface area contributed by atoms with E-state index in [-0.39, 0.29) is 41.6 Å². The molecule has 0 saturated heterocycles. The summed E-state index contributed by atoms with van der Waals surface area (Å²) in [7, 11) is -4.41. The predicted octanol–water partition coefficient (Wildman–Crippen LogP) is -0.137. The van der Waals surface area contributed by atoms with Crippen LogP contribution in [0.4, 0.5) is 13.2 Å². The second-order valence-corrected chi connectivity index (χ2v) is 4.89. The zero-order valence-electron chi connectivity index (χ0n) is 9.62. The maximum absolute atomic E-state index is 12.3. The normalized spacial score (nSPS) is 12.1. The van der Waals surface area contributed by atoms with Crippen LogP contribution in [0.3, 0.4) is 0 Å². The fraction of sp³-hybridized carbons (Fsp3) is 0.250. The van der Waals surface area contributed by atoms with E-state index in [1.807, 2.05) is 0 Å². The monoisotopic (exact) mass is 298 g/mol. The minimum atomic E-state index is -4.58. The number of alkyl halides is 3. The molecule has 1 aromatic carbocycles. The Bertz CT molecular complexity index is 507. The zero-order chi connectivity index (χ0) is 12.6. The van der Waals surface area contributed by atoms with Gasteiger partial charge in [-0.1, -0.05) is 11.6 Å². The Morgan fingerprint density at radius 2 is 1.88 bits per heavy atom. The van der Waals surface area contributed by atoms with Crippen molar-refractivity contribution >= 4 is 21.7 Å². The summed E-state index contributed by atoms with van der Waals surface area (Å²) in [5, 5.41) is -0.148. The first kappa shape index (κ1) is 17.2. The molecule has 0 heterocycles. The molecule has 0 aromatic heterocycles. The average Bonchev–Trinajstić information content (AvgIpc) is 2.04. The number of hydrogen-bond acceptors (Lipinski definition) is 2. The summed E-state index contributed by atoms with van der Waals surface area (Å²) in [4.78, 5) is 0.